The van der Waals surface area contributed by atoms with Crippen LogP contribution in [-0.4, -0.2) is 0 Å². The third-order valence-corrected chi connectivity index (χ3v) is 11.5. The summed E-state index contributed by atoms with van der Waals surface area (Å²) < 4.78 is 12.9. The third kappa shape index (κ3) is 3.68. The minimum absolute atomic E-state index is 0.579. The third-order valence-electron chi connectivity index (χ3n) is 11.5. The Hall–Kier alpha value is -7.66. The Labute approximate surface area is 309 Å². The molecule has 0 amide bonds. The lowest BCUT2D eigenvalue weighted by Gasteiger charge is -2.24. The Morgan fingerprint density at radius 1 is 0.389 bits per heavy atom. The summed E-state index contributed by atoms with van der Waals surface area (Å²) in [5.41, 5.74) is 9.59. The van der Waals surface area contributed by atoms with Crippen LogP contribution >= 0.6 is 0 Å². The summed E-state index contributed by atoms with van der Waals surface area (Å²) in [6.07, 6.45) is 0. The number of hydrogen-bond acceptors (Lipinski definition) is 3. The molecule has 2 heterocycles. The predicted molar refractivity (Wildman–Crippen MR) is 218 cm³/mol. The number of ether oxygens (including phenoxy) is 2. The molecule has 4 heteroatoms. The largest absolute Gasteiger partial charge is 0.456 e. The molecule has 0 aromatic heterocycles. The van der Waals surface area contributed by atoms with Crippen molar-refractivity contribution in [2.75, 3.05) is 0 Å². The molecule has 10 aromatic rings. The maximum Gasteiger partial charge on any atom is 0.195 e. The van der Waals surface area contributed by atoms with E-state index in [1.54, 1.807) is 0 Å². The van der Waals surface area contributed by atoms with Gasteiger partial charge in [0.1, 0.15) is 23.0 Å². The summed E-state index contributed by atoms with van der Waals surface area (Å²) in [5, 5.41) is 20.7. The lowest BCUT2D eigenvalue weighted by atomic mass is 9.82. The standard InChI is InChI=1S/C50H24N2O2/c1-52-42-25-41(30-18-21-36-32-9-3-5-13-44(32)54-46-15-7-11-34(30)48(36)46)38-19-16-28-27(26-51)24-40(37-22-23-39(42)50(38)49(28)37)29-17-20-35-31-8-2-4-12-43(31)53-45-14-6-10-33(29)47(35)45/h2-25H. The monoisotopic (exact) mass is 684 g/mol. The van der Waals surface area contributed by atoms with Crippen LogP contribution in [0.2, 0.25) is 0 Å². The zero-order chi connectivity index (χ0) is 35.7. The molecule has 0 radical (unpaired) electrons. The van der Waals surface area contributed by atoms with Crippen molar-refractivity contribution < 1.29 is 9.47 Å². The molecule has 12 rings (SSSR count). The molecule has 0 aliphatic carbocycles. The van der Waals surface area contributed by atoms with E-state index in [0.29, 0.717) is 11.3 Å². The van der Waals surface area contributed by atoms with Crippen molar-refractivity contribution >= 4 is 59.5 Å². The van der Waals surface area contributed by atoms with Crippen LogP contribution in [0.3, 0.4) is 0 Å². The highest BCUT2D eigenvalue weighted by Gasteiger charge is 2.26. The average molecular weight is 685 g/mol. The molecule has 0 atom stereocenters. The Bertz CT molecular complexity index is 3190. The van der Waals surface area contributed by atoms with Crippen LogP contribution in [0, 0.1) is 17.9 Å². The molecule has 0 spiro atoms. The van der Waals surface area contributed by atoms with Gasteiger partial charge in [0.15, 0.2) is 5.69 Å². The van der Waals surface area contributed by atoms with Crippen molar-refractivity contribution in [2.45, 2.75) is 0 Å². The molecule has 246 valence electrons. The first-order chi connectivity index (χ1) is 26.7. The number of benzene rings is 10. The van der Waals surface area contributed by atoms with E-state index in [0.717, 1.165) is 121 Å². The van der Waals surface area contributed by atoms with Gasteiger partial charge in [-0.1, -0.05) is 109 Å². The molecule has 0 unspecified atom stereocenters. The molecule has 0 saturated carbocycles. The first-order valence-corrected chi connectivity index (χ1v) is 17.9. The second-order valence-electron chi connectivity index (χ2n) is 14.1. The van der Waals surface area contributed by atoms with Gasteiger partial charge in [0, 0.05) is 27.3 Å². The molecular weight excluding hydrogens is 661 g/mol. The molecule has 4 nitrogen and oxygen atoms in total. The number of fused-ring (bicyclic) bond motifs is 4. The summed E-state index contributed by atoms with van der Waals surface area (Å²) in [7, 11) is 0. The Kier molecular flexibility index (Phi) is 5.61. The summed E-state index contributed by atoms with van der Waals surface area (Å²) in [6, 6.07) is 52.5. The molecule has 0 N–H and O–H groups in total. The topological polar surface area (TPSA) is 46.6 Å². The molecule has 54 heavy (non-hydrogen) atoms. The van der Waals surface area contributed by atoms with Crippen molar-refractivity contribution in [3.63, 3.8) is 0 Å². The fraction of sp³-hybridized carbons (Fsp3) is 0. The number of hydrogen-bond donors (Lipinski definition) is 0. The quantitative estimate of drug-likeness (QED) is 0.134. The minimum Gasteiger partial charge on any atom is -0.456 e. The number of nitrogens with zero attached hydrogens (tertiary/aromatic N) is 2. The first kappa shape index (κ1) is 29.0. The van der Waals surface area contributed by atoms with Crippen molar-refractivity contribution in [2.24, 2.45) is 0 Å². The van der Waals surface area contributed by atoms with Crippen LogP contribution < -0.4 is 9.47 Å². The summed E-state index contributed by atoms with van der Waals surface area (Å²) in [4.78, 5) is 4.10. The summed E-state index contributed by atoms with van der Waals surface area (Å²) in [5.74, 6) is 3.34. The molecule has 0 saturated heterocycles. The van der Waals surface area contributed by atoms with Gasteiger partial charge in [0.05, 0.1) is 18.2 Å². The maximum absolute atomic E-state index is 10.7. The van der Waals surface area contributed by atoms with Crippen molar-refractivity contribution in [1.82, 2.24) is 0 Å². The molecule has 0 bridgehead atoms. The van der Waals surface area contributed by atoms with Gasteiger partial charge in [-0.25, -0.2) is 4.85 Å². The Morgan fingerprint density at radius 3 is 1.43 bits per heavy atom. The fourth-order valence-corrected chi connectivity index (χ4v) is 9.23. The van der Waals surface area contributed by atoms with Gasteiger partial charge in [-0.2, -0.15) is 5.26 Å². The van der Waals surface area contributed by atoms with Gasteiger partial charge in [-0.15, -0.1) is 0 Å². The van der Waals surface area contributed by atoms with Crippen LogP contribution in [0.15, 0.2) is 146 Å². The lowest BCUT2D eigenvalue weighted by molar-refractivity contribution is 0.487. The molecule has 2 aliphatic rings. The van der Waals surface area contributed by atoms with Crippen LogP contribution in [0.1, 0.15) is 5.56 Å². The second kappa shape index (κ2) is 10.5. The number of nitriles is 1. The van der Waals surface area contributed by atoms with E-state index in [-0.39, 0.29) is 0 Å². The molecule has 10 aromatic carbocycles. The predicted octanol–water partition coefficient (Wildman–Crippen LogP) is 14.2. The molecule has 2 aliphatic heterocycles. The molecular formula is C50H24N2O2. The summed E-state index contributed by atoms with van der Waals surface area (Å²) in [6.45, 7) is 8.37. The van der Waals surface area contributed by atoms with Gasteiger partial charge in [-0.3, -0.25) is 0 Å². The van der Waals surface area contributed by atoms with E-state index in [1.807, 2.05) is 72.8 Å². The Morgan fingerprint density at radius 2 is 0.852 bits per heavy atom. The zero-order valence-electron chi connectivity index (χ0n) is 28.6. The van der Waals surface area contributed by atoms with Gasteiger partial charge in [-0.05, 0) is 107 Å². The highest BCUT2D eigenvalue weighted by Crippen LogP contribution is 2.53. The minimum atomic E-state index is 0.579. The maximum atomic E-state index is 10.7. The fourth-order valence-electron chi connectivity index (χ4n) is 9.23. The Balaban J connectivity index is 1.17. The van der Waals surface area contributed by atoms with E-state index < -0.39 is 0 Å². The van der Waals surface area contributed by atoms with Gasteiger partial charge < -0.3 is 9.47 Å². The van der Waals surface area contributed by atoms with Crippen LogP contribution in [0.5, 0.6) is 23.0 Å². The highest BCUT2D eigenvalue weighted by molar-refractivity contribution is 6.32. The SMILES string of the molecule is [C-]#[N+]c1cc(-c2ccc3c4c(cccc24)Oc2ccccc2-3)c2ccc3c(C#N)cc(-c4ccc5c6c(cccc46)Oc4ccccc4-5)c4ccc1c2c34. The average Bonchev–Trinajstić information content (AvgIpc) is 3.23. The van der Waals surface area contributed by atoms with Gasteiger partial charge >= 0.3 is 0 Å². The van der Waals surface area contributed by atoms with Crippen molar-refractivity contribution in [3.8, 4) is 73.6 Å². The van der Waals surface area contributed by atoms with Crippen LogP contribution in [-0.2, 0) is 0 Å². The van der Waals surface area contributed by atoms with E-state index >= 15 is 0 Å². The highest BCUT2D eigenvalue weighted by atomic mass is 16.5. The van der Waals surface area contributed by atoms with Crippen molar-refractivity contribution in [1.29, 1.82) is 5.26 Å². The second-order valence-corrected chi connectivity index (χ2v) is 14.1. The van der Waals surface area contributed by atoms with E-state index in [2.05, 4.69) is 83.7 Å². The summed E-state index contributed by atoms with van der Waals surface area (Å²) >= 11 is 0. The van der Waals surface area contributed by atoms with E-state index in [1.165, 1.54) is 0 Å². The normalized spacial score (nSPS) is 12.3. The van der Waals surface area contributed by atoms with Crippen LogP contribution in [0.25, 0.3) is 103 Å². The van der Waals surface area contributed by atoms with Gasteiger partial charge in [0.2, 0.25) is 0 Å². The number of rotatable bonds is 2. The zero-order valence-corrected chi connectivity index (χ0v) is 28.6. The van der Waals surface area contributed by atoms with Crippen LogP contribution in [0.4, 0.5) is 5.69 Å². The smallest absolute Gasteiger partial charge is 0.195 e. The van der Waals surface area contributed by atoms with E-state index in [4.69, 9.17) is 16.0 Å². The van der Waals surface area contributed by atoms with Gasteiger partial charge in [0.25, 0.3) is 0 Å². The first-order valence-electron chi connectivity index (χ1n) is 17.9. The molecule has 0 fully saturated rings. The number of para-hydroxylation sites is 2. The van der Waals surface area contributed by atoms with Crippen molar-refractivity contribution in [3.05, 3.63) is 163 Å². The lowest BCUT2D eigenvalue weighted by Crippen LogP contribution is -1.98. The van der Waals surface area contributed by atoms with E-state index in [9.17, 15) is 5.26 Å².